The molecule has 6 heteroatoms. The van der Waals surface area contributed by atoms with Crippen molar-refractivity contribution in [3.63, 3.8) is 0 Å². The molecule has 0 saturated carbocycles. The summed E-state index contributed by atoms with van der Waals surface area (Å²) in [6.07, 6.45) is 0. The molecule has 5 nitrogen and oxygen atoms in total. The lowest BCUT2D eigenvalue weighted by atomic mass is 10.0. The molecule has 0 unspecified atom stereocenters. The smallest absolute Gasteiger partial charge is 0.243 e. The number of ether oxygens (including phenoxy) is 1. The number of imidazole rings is 1. The quantitative estimate of drug-likeness (QED) is 0.872. The van der Waals surface area contributed by atoms with Crippen LogP contribution in [0.25, 0.3) is 11.0 Å². The first-order valence-corrected chi connectivity index (χ1v) is 6.37. The minimum absolute atomic E-state index is 0.202. The van der Waals surface area contributed by atoms with Gasteiger partial charge in [0, 0.05) is 6.07 Å². The zero-order valence-electron chi connectivity index (χ0n) is 11.1. The Balaban J connectivity index is 2.75. The Kier molecular flexibility index (Phi) is 3.41. The first-order valence-electron chi connectivity index (χ1n) is 5.83. The molecule has 1 amide bonds. The summed E-state index contributed by atoms with van der Waals surface area (Å²) in [6.45, 7) is 3.49. The van der Waals surface area contributed by atoms with E-state index in [1.165, 1.54) is 0 Å². The zero-order chi connectivity index (χ0) is 14.2. The Bertz CT molecular complexity index is 634. The summed E-state index contributed by atoms with van der Waals surface area (Å²) in [5.74, 6) is 1.08. The Hall–Kier alpha value is -1.75. The molecule has 19 heavy (non-hydrogen) atoms. The van der Waals surface area contributed by atoms with Gasteiger partial charge < -0.3 is 15.0 Å². The summed E-state index contributed by atoms with van der Waals surface area (Å²) < 4.78 is 6.94. The summed E-state index contributed by atoms with van der Waals surface area (Å²) >= 11 is 5.92. The second kappa shape index (κ2) is 4.74. The Labute approximate surface area is 116 Å². The number of halogens is 1. The van der Waals surface area contributed by atoms with E-state index in [-0.39, 0.29) is 5.88 Å². The van der Waals surface area contributed by atoms with Crippen molar-refractivity contribution in [2.24, 2.45) is 5.73 Å². The number of primary amides is 1. The van der Waals surface area contributed by atoms with Crippen molar-refractivity contribution in [2.75, 3.05) is 7.11 Å². The van der Waals surface area contributed by atoms with Crippen LogP contribution in [-0.4, -0.2) is 22.6 Å². The second-order valence-corrected chi connectivity index (χ2v) is 5.04. The summed E-state index contributed by atoms with van der Waals surface area (Å²) in [6, 6.07) is 5.47. The summed E-state index contributed by atoms with van der Waals surface area (Å²) in [5.41, 5.74) is 6.11. The average Bonchev–Trinajstić information content (AvgIpc) is 2.76. The van der Waals surface area contributed by atoms with Crippen molar-refractivity contribution in [1.29, 1.82) is 0 Å². The van der Waals surface area contributed by atoms with Gasteiger partial charge in [-0.2, -0.15) is 0 Å². The molecule has 2 N–H and O–H groups in total. The largest absolute Gasteiger partial charge is 0.497 e. The minimum atomic E-state index is -0.895. The van der Waals surface area contributed by atoms with E-state index in [0.29, 0.717) is 11.6 Å². The third kappa shape index (κ3) is 2.14. The van der Waals surface area contributed by atoms with Gasteiger partial charge in [0.1, 0.15) is 17.1 Å². The fraction of sp³-hybridized carbons (Fsp3) is 0.385. The highest BCUT2D eigenvalue weighted by atomic mass is 35.5. The van der Waals surface area contributed by atoms with Gasteiger partial charge in [-0.05, 0) is 26.0 Å². The van der Waals surface area contributed by atoms with Crippen molar-refractivity contribution in [1.82, 2.24) is 9.55 Å². The van der Waals surface area contributed by atoms with Crippen LogP contribution in [0.3, 0.4) is 0 Å². The lowest BCUT2D eigenvalue weighted by Gasteiger charge is -2.25. The molecule has 2 aromatic rings. The molecule has 1 heterocycles. The first-order chi connectivity index (χ1) is 8.91. The minimum Gasteiger partial charge on any atom is -0.497 e. The molecule has 1 aromatic heterocycles. The Morgan fingerprint density at radius 2 is 2.21 bits per heavy atom. The maximum atomic E-state index is 11.7. The number of aromatic nitrogens is 2. The topological polar surface area (TPSA) is 70.1 Å². The molecule has 0 radical (unpaired) electrons. The van der Waals surface area contributed by atoms with Crippen LogP contribution in [-0.2, 0) is 16.2 Å². The standard InChI is InChI=1S/C13H16ClN3O2/c1-13(2,12(15)18)17-10-5-4-8(19-3)6-9(10)16-11(17)7-14/h4-6H,7H2,1-3H3,(H2,15,18). The molecule has 1 aromatic carbocycles. The normalized spacial score (nSPS) is 11.8. The van der Waals surface area contributed by atoms with Crippen molar-refractivity contribution in [3.05, 3.63) is 24.0 Å². The van der Waals surface area contributed by atoms with Crippen LogP contribution in [0.2, 0.25) is 0 Å². The van der Waals surface area contributed by atoms with Crippen molar-refractivity contribution in [3.8, 4) is 5.75 Å². The SMILES string of the molecule is COc1ccc2c(c1)nc(CCl)n2C(C)(C)C(N)=O. The maximum absolute atomic E-state index is 11.7. The number of rotatable bonds is 4. The van der Waals surface area contributed by atoms with E-state index < -0.39 is 11.4 Å². The summed E-state index contributed by atoms with van der Waals surface area (Å²) in [4.78, 5) is 16.1. The monoisotopic (exact) mass is 281 g/mol. The molecule has 2 rings (SSSR count). The fourth-order valence-corrected chi connectivity index (χ4v) is 2.24. The Morgan fingerprint density at radius 1 is 1.53 bits per heavy atom. The van der Waals surface area contributed by atoms with Crippen molar-refractivity contribution < 1.29 is 9.53 Å². The van der Waals surface area contributed by atoms with E-state index in [1.807, 2.05) is 12.1 Å². The molecule has 0 atom stereocenters. The van der Waals surface area contributed by atoms with Gasteiger partial charge in [-0.1, -0.05) is 0 Å². The highest BCUT2D eigenvalue weighted by Crippen LogP contribution is 2.28. The predicted molar refractivity (Wildman–Crippen MR) is 74.4 cm³/mol. The van der Waals surface area contributed by atoms with Gasteiger partial charge in [0.25, 0.3) is 0 Å². The number of nitrogens with zero attached hydrogens (tertiary/aromatic N) is 2. The average molecular weight is 282 g/mol. The summed E-state index contributed by atoms with van der Waals surface area (Å²) in [5, 5.41) is 0. The third-order valence-corrected chi connectivity index (χ3v) is 3.45. The van der Waals surface area contributed by atoms with Crippen molar-refractivity contribution in [2.45, 2.75) is 25.3 Å². The molecule has 102 valence electrons. The molecule has 0 fully saturated rings. The first kappa shape index (κ1) is 13.7. The van der Waals surface area contributed by atoms with Gasteiger partial charge in [0.15, 0.2) is 0 Å². The van der Waals surface area contributed by atoms with Gasteiger partial charge >= 0.3 is 0 Å². The highest BCUT2D eigenvalue weighted by molar-refractivity contribution is 6.17. The van der Waals surface area contributed by atoms with Crippen LogP contribution in [0, 0.1) is 0 Å². The molecule has 0 spiro atoms. The van der Waals surface area contributed by atoms with E-state index in [1.54, 1.807) is 31.6 Å². The maximum Gasteiger partial charge on any atom is 0.243 e. The lowest BCUT2D eigenvalue weighted by molar-refractivity contribution is -0.125. The van der Waals surface area contributed by atoms with E-state index in [9.17, 15) is 4.79 Å². The number of hydrogen-bond acceptors (Lipinski definition) is 3. The highest BCUT2D eigenvalue weighted by Gasteiger charge is 2.31. The zero-order valence-corrected chi connectivity index (χ0v) is 11.9. The lowest BCUT2D eigenvalue weighted by Crippen LogP contribution is -2.41. The summed E-state index contributed by atoms with van der Waals surface area (Å²) in [7, 11) is 1.59. The van der Waals surface area contributed by atoms with Crippen LogP contribution in [0.1, 0.15) is 19.7 Å². The molecule has 0 aliphatic rings. The number of methoxy groups -OCH3 is 1. The van der Waals surface area contributed by atoms with E-state index in [0.717, 1.165) is 11.0 Å². The molecule has 0 saturated heterocycles. The van der Waals surface area contributed by atoms with Crippen LogP contribution < -0.4 is 10.5 Å². The molecule has 0 aliphatic heterocycles. The third-order valence-electron chi connectivity index (χ3n) is 3.21. The number of carbonyl (C=O) groups is 1. The van der Waals surface area contributed by atoms with Gasteiger partial charge in [0.2, 0.25) is 5.91 Å². The van der Waals surface area contributed by atoms with Crippen LogP contribution in [0.5, 0.6) is 5.75 Å². The molecule has 0 bridgehead atoms. The predicted octanol–water partition coefficient (Wildman–Crippen LogP) is 2.00. The number of carbonyl (C=O) groups excluding carboxylic acids is 1. The molecule has 0 aliphatic carbocycles. The van der Waals surface area contributed by atoms with Crippen LogP contribution in [0.4, 0.5) is 0 Å². The second-order valence-electron chi connectivity index (χ2n) is 4.77. The van der Waals surface area contributed by atoms with Gasteiger partial charge in [-0.3, -0.25) is 4.79 Å². The van der Waals surface area contributed by atoms with Crippen molar-refractivity contribution >= 4 is 28.5 Å². The fourth-order valence-electron chi connectivity index (χ4n) is 2.06. The van der Waals surface area contributed by atoms with Gasteiger partial charge in [-0.15, -0.1) is 11.6 Å². The number of nitrogens with two attached hydrogens (primary N) is 1. The number of alkyl halides is 1. The number of benzene rings is 1. The van der Waals surface area contributed by atoms with Crippen LogP contribution >= 0.6 is 11.6 Å². The van der Waals surface area contributed by atoms with Gasteiger partial charge in [0.05, 0.1) is 24.0 Å². The van der Waals surface area contributed by atoms with E-state index in [2.05, 4.69) is 4.98 Å². The molecular formula is C13H16ClN3O2. The van der Waals surface area contributed by atoms with E-state index >= 15 is 0 Å². The number of amides is 1. The Morgan fingerprint density at radius 3 is 2.74 bits per heavy atom. The van der Waals surface area contributed by atoms with Crippen LogP contribution in [0.15, 0.2) is 18.2 Å². The molecular weight excluding hydrogens is 266 g/mol. The van der Waals surface area contributed by atoms with Gasteiger partial charge in [-0.25, -0.2) is 4.98 Å². The number of hydrogen-bond donors (Lipinski definition) is 1. The number of fused-ring (bicyclic) bond motifs is 1. The van der Waals surface area contributed by atoms with E-state index in [4.69, 9.17) is 22.1 Å².